The van der Waals surface area contributed by atoms with Gasteiger partial charge in [0.1, 0.15) is 0 Å². The lowest BCUT2D eigenvalue weighted by atomic mass is 10.7. The number of aromatic nitrogens is 2. The molecule has 0 unspecified atom stereocenters. The molecule has 3 heteroatoms. The number of nitrogens with zero attached hydrogens (tertiary/aromatic N) is 3. The van der Waals surface area contributed by atoms with Crippen LogP contribution in [0.2, 0.25) is 0 Å². The Bertz CT molecular complexity index is 157. The van der Waals surface area contributed by atoms with Crippen molar-refractivity contribution in [3.63, 3.8) is 0 Å². The quantitative estimate of drug-likeness (QED) is 0.573. The molecule has 0 N–H and O–H groups in total. The summed E-state index contributed by atoms with van der Waals surface area (Å²) in [6, 6.07) is 1.91. The van der Waals surface area contributed by atoms with Gasteiger partial charge in [0, 0.05) is 19.8 Å². The lowest BCUT2D eigenvalue weighted by molar-refractivity contribution is 0.597. The minimum Gasteiger partial charge on any atom is -0.300 e. The van der Waals surface area contributed by atoms with Crippen molar-refractivity contribution in [2.75, 3.05) is 18.6 Å². The van der Waals surface area contributed by atoms with Gasteiger partial charge in [0.25, 0.3) is 0 Å². The Morgan fingerprint density at radius 2 is 2.44 bits per heavy atom. The van der Waals surface area contributed by atoms with Crippen molar-refractivity contribution in [3.05, 3.63) is 18.5 Å². The Morgan fingerprint density at radius 3 is 2.89 bits per heavy atom. The van der Waals surface area contributed by atoms with Gasteiger partial charge in [-0.1, -0.05) is 0 Å². The molecule has 1 aromatic heterocycles. The van der Waals surface area contributed by atoms with Crippen LogP contribution in [0.4, 0.5) is 0 Å². The number of hydrogen-bond donors (Lipinski definition) is 0. The zero-order valence-corrected chi connectivity index (χ0v) is 5.78. The first kappa shape index (κ1) is 6.13. The second kappa shape index (κ2) is 2.53. The average Bonchev–Trinajstić information content (AvgIpc) is 2.37. The highest BCUT2D eigenvalue weighted by molar-refractivity contribution is 4.84. The van der Waals surface area contributed by atoms with E-state index in [1.54, 1.807) is 11.0 Å². The molecule has 0 aliphatic rings. The summed E-state index contributed by atoms with van der Waals surface area (Å²) in [5, 5.41) is 6.04. The van der Waals surface area contributed by atoms with Gasteiger partial charge in [-0.15, -0.1) is 0 Å². The van der Waals surface area contributed by atoms with Gasteiger partial charge in [0.15, 0.2) is 0 Å². The standard InChI is InChI=1S/C6H11N3/c1-3-8(2)9-6-4-5-7-9/h4-6H,3H2,1-2H3. The van der Waals surface area contributed by atoms with E-state index in [9.17, 15) is 0 Å². The van der Waals surface area contributed by atoms with Crippen molar-refractivity contribution < 1.29 is 0 Å². The van der Waals surface area contributed by atoms with Gasteiger partial charge in [-0.3, -0.25) is 0 Å². The first-order valence-electron chi connectivity index (χ1n) is 3.05. The third-order valence-corrected chi connectivity index (χ3v) is 1.30. The highest BCUT2D eigenvalue weighted by Gasteiger charge is 1.90. The maximum Gasteiger partial charge on any atom is 0.0510 e. The second-order valence-electron chi connectivity index (χ2n) is 1.90. The molecule has 0 amide bonds. The molecule has 0 fully saturated rings. The van der Waals surface area contributed by atoms with Gasteiger partial charge in [0.05, 0.1) is 6.20 Å². The molecule has 0 atom stereocenters. The van der Waals surface area contributed by atoms with Gasteiger partial charge in [-0.25, -0.2) is 0 Å². The molecule has 1 aromatic rings. The summed E-state index contributed by atoms with van der Waals surface area (Å²) < 4.78 is 0. The average molecular weight is 125 g/mol. The van der Waals surface area contributed by atoms with E-state index in [2.05, 4.69) is 12.0 Å². The van der Waals surface area contributed by atoms with E-state index < -0.39 is 0 Å². The molecule has 50 valence electrons. The van der Waals surface area contributed by atoms with Gasteiger partial charge in [-0.2, -0.15) is 9.89 Å². The monoisotopic (exact) mass is 125 g/mol. The van der Waals surface area contributed by atoms with E-state index in [0.29, 0.717) is 0 Å². The highest BCUT2D eigenvalue weighted by Crippen LogP contribution is 1.83. The molecule has 0 spiro atoms. The SMILES string of the molecule is CCN(C)n1cccn1. The van der Waals surface area contributed by atoms with Crippen LogP contribution >= 0.6 is 0 Å². The molecule has 0 aliphatic heterocycles. The minimum absolute atomic E-state index is 0.974. The van der Waals surface area contributed by atoms with Gasteiger partial charge < -0.3 is 5.01 Å². The minimum atomic E-state index is 0.974. The molecule has 0 aromatic carbocycles. The van der Waals surface area contributed by atoms with Crippen molar-refractivity contribution in [1.29, 1.82) is 0 Å². The van der Waals surface area contributed by atoms with Crippen LogP contribution in [-0.2, 0) is 0 Å². The zero-order valence-electron chi connectivity index (χ0n) is 5.78. The predicted octanol–water partition coefficient (Wildman–Crippen LogP) is 0.471. The van der Waals surface area contributed by atoms with Crippen molar-refractivity contribution in [2.45, 2.75) is 6.92 Å². The lowest BCUT2D eigenvalue weighted by Gasteiger charge is -2.15. The smallest absolute Gasteiger partial charge is 0.0510 e. The van der Waals surface area contributed by atoms with E-state index in [-0.39, 0.29) is 0 Å². The Morgan fingerprint density at radius 1 is 1.67 bits per heavy atom. The molecule has 0 aliphatic carbocycles. The molecule has 0 radical (unpaired) electrons. The van der Waals surface area contributed by atoms with Crippen LogP contribution in [0, 0.1) is 0 Å². The van der Waals surface area contributed by atoms with Crippen LogP contribution in [0.25, 0.3) is 0 Å². The van der Waals surface area contributed by atoms with Crippen molar-refractivity contribution in [2.24, 2.45) is 0 Å². The van der Waals surface area contributed by atoms with Crippen LogP contribution in [0.3, 0.4) is 0 Å². The predicted molar refractivity (Wildman–Crippen MR) is 36.9 cm³/mol. The largest absolute Gasteiger partial charge is 0.300 e. The fourth-order valence-electron chi connectivity index (χ4n) is 0.608. The van der Waals surface area contributed by atoms with Crippen LogP contribution in [0.5, 0.6) is 0 Å². The van der Waals surface area contributed by atoms with Crippen molar-refractivity contribution >= 4 is 0 Å². The number of rotatable bonds is 2. The van der Waals surface area contributed by atoms with Crippen LogP contribution in [0.15, 0.2) is 18.5 Å². The lowest BCUT2D eigenvalue weighted by Crippen LogP contribution is -2.29. The molecular weight excluding hydrogens is 114 g/mol. The maximum atomic E-state index is 4.03. The van der Waals surface area contributed by atoms with E-state index in [4.69, 9.17) is 0 Å². The van der Waals surface area contributed by atoms with E-state index in [1.807, 2.05) is 24.3 Å². The molecular formula is C6H11N3. The Kier molecular flexibility index (Phi) is 1.72. The fraction of sp³-hybridized carbons (Fsp3) is 0.500. The fourth-order valence-corrected chi connectivity index (χ4v) is 0.608. The second-order valence-corrected chi connectivity index (χ2v) is 1.90. The Hall–Kier alpha value is -0.990. The van der Waals surface area contributed by atoms with Gasteiger partial charge in [0.2, 0.25) is 0 Å². The third kappa shape index (κ3) is 1.22. The molecule has 1 rings (SSSR count). The molecule has 0 saturated heterocycles. The maximum absolute atomic E-state index is 4.03. The first-order valence-corrected chi connectivity index (χ1v) is 3.05. The third-order valence-electron chi connectivity index (χ3n) is 1.30. The van der Waals surface area contributed by atoms with Crippen LogP contribution in [-0.4, -0.2) is 23.5 Å². The van der Waals surface area contributed by atoms with Gasteiger partial charge in [-0.05, 0) is 13.0 Å². The molecule has 1 heterocycles. The molecule has 0 bridgehead atoms. The molecule has 0 saturated carbocycles. The molecule has 9 heavy (non-hydrogen) atoms. The first-order chi connectivity index (χ1) is 4.34. The molecule has 3 nitrogen and oxygen atoms in total. The van der Waals surface area contributed by atoms with E-state index in [1.165, 1.54) is 0 Å². The summed E-state index contributed by atoms with van der Waals surface area (Å²) in [5.41, 5.74) is 0. The van der Waals surface area contributed by atoms with Gasteiger partial charge >= 0.3 is 0 Å². The Labute approximate surface area is 54.9 Å². The summed E-state index contributed by atoms with van der Waals surface area (Å²) in [5.74, 6) is 0. The zero-order chi connectivity index (χ0) is 6.69. The van der Waals surface area contributed by atoms with Crippen molar-refractivity contribution in [1.82, 2.24) is 9.89 Å². The van der Waals surface area contributed by atoms with E-state index >= 15 is 0 Å². The Balaban J connectivity index is 2.65. The van der Waals surface area contributed by atoms with Crippen LogP contribution < -0.4 is 5.01 Å². The highest BCUT2D eigenvalue weighted by atomic mass is 15.6. The normalized spacial score (nSPS) is 9.56. The summed E-state index contributed by atoms with van der Waals surface area (Å²) >= 11 is 0. The van der Waals surface area contributed by atoms with Crippen molar-refractivity contribution in [3.8, 4) is 0 Å². The summed E-state index contributed by atoms with van der Waals surface area (Å²) in [4.78, 5) is 1.81. The summed E-state index contributed by atoms with van der Waals surface area (Å²) in [7, 11) is 1.99. The van der Waals surface area contributed by atoms with E-state index in [0.717, 1.165) is 6.54 Å². The number of hydrogen-bond acceptors (Lipinski definition) is 2. The summed E-state index contributed by atoms with van der Waals surface area (Å²) in [6.45, 7) is 3.06. The topological polar surface area (TPSA) is 21.1 Å². The van der Waals surface area contributed by atoms with Crippen LogP contribution in [0.1, 0.15) is 6.92 Å². The summed E-state index contributed by atoms with van der Waals surface area (Å²) in [6.07, 6.45) is 3.69.